The number of alkyl halides is 3. The van der Waals surface area contributed by atoms with Crippen LogP contribution in [0.1, 0.15) is 55.5 Å². The molecule has 0 aliphatic carbocycles. The van der Waals surface area contributed by atoms with Crippen molar-refractivity contribution in [1.82, 2.24) is 5.32 Å². The van der Waals surface area contributed by atoms with E-state index in [0.717, 1.165) is 30.0 Å². The number of benzene rings is 2. The number of amidine groups is 1. The molecule has 0 fully saturated rings. The van der Waals surface area contributed by atoms with E-state index in [-0.39, 0.29) is 11.9 Å². The van der Waals surface area contributed by atoms with E-state index in [1.54, 1.807) is 19.9 Å². The summed E-state index contributed by atoms with van der Waals surface area (Å²) in [5, 5.41) is 3.09. The van der Waals surface area contributed by atoms with Gasteiger partial charge in [-0.05, 0) is 67.2 Å². The quantitative estimate of drug-likeness (QED) is 0.626. The second-order valence-corrected chi connectivity index (χ2v) is 7.50. The van der Waals surface area contributed by atoms with Gasteiger partial charge in [0.05, 0.1) is 18.2 Å². The molecule has 1 aliphatic rings. The maximum Gasteiger partial charge on any atom is 0.419 e. The molecular formula is C24H27F3N2O. The van der Waals surface area contributed by atoms with Crippen LogP contribution in [0.15, 0.2) is 47.6 Å². The molecular weight excluding hydrogens is 389 g/mol. The van der Waals surface area contributed by atoms with Gasteiger partial charge in [-0.3, -0.25) is 4.99 Å². The van der Waals surface area contributed by atoms with E-state index >= 15 is 0 Å². The first-order chi connectivity index (χ1) is 14.2. The standard InChI is InChI=1S/C24H27F3N2O/c1-5-16-8-7-9-20(19(16)6-2)18-13-28-23(29-14-18)17-10-11-22(30-15(3)4)21(12-17)24(25,26)27/h7-13,15H,5-6,14H2,1-4H3,(H,28,29). The maximum atomic E-state index is 13.5. The van der Waals surface area contributed by atoms with Crippen LogP contribution in [-0.4, -0.2) is 18.5 Å². The van der Waals surface area contributed by atoms with Crippen molar-refractivity contribution in [2.75, 3.05) is 6.54 Å². The first-order valence-corrected chi connectivity index (χ1v) is 10.2. The third-order valence-corrected chi connectivity index (χ3v) is 5.07. The number of aryl methyl sites for hydroxylation is 1. The van der Waals surface area contributed by atoms with Crippen LogP contribution in [0.5, 0.6) is 5.75 Å². The minimum Gasteiger partial charge on any atom is -0.490 e. The zero-order chi connectivity index (χ0) is 21.9. The number of aliphatic imine (C=N–C) groups is 1. The van der Waals surface area contributed by atoms with Gasteiger partial charge in [0.1, 0.15) is 11.6 Å². The molecule has 0 amide bonds. The van der Waals surface area contributed by atoms with Crippen LogP contribution in [0.2, 0.25) is 0 Å². The molecule has 0 saturated carbocycles. The summed E-state index contributed by atoms with van der Waals surface area (Å²) in [7, 11) is 0. The minimum atomic E-state index is -4.51. The van der Waals surface area contributed by atoms with Gasteiger partial charge < -0.3 is 10.1 Å². The summed E-state index contributed by atoms with van der Waals surface area (Å²) in [6, 6.07) is 10.3. The van der Waals surface area contributed by atoms with E-state index in [1.165, 1.54) is 17.2 Å². The molecule has 0 aromatic heterocycles. The highest BCUT2D eigenvalue weighted by atomic mass is 19.4. The molecule has 3 rings (SSSR count). The number of halogens is 3. The third kappa shape index (κ3) is 4.69. The SMILES string of the molecule is CCc1cccc(C2=CNC(c3ccc(OC(C)C)c(C(F)(F)F)c3)=NC2)c1CC. The van der Waals surface area contributed by atoms with Crippen LogP contribution in [0, 0.1) is 0 Å². The van der Waals surface area contributed by atoms with E-state index in [9.17, 15) is 13.2 Å². The monoisotopic (exact) mass is 416 g/mol. The second-order valence-electron chi connectivity index (χ2n) is 7.50. The second kappa shape index (κ2) is 8.94. The normalized spacial score (nSPS) is 14.3. The van der Waals surface area contributed by atoms with E-state index in [0.29, 0.717) is 17.9 Å². The smallest absolute Gasteiger partial charge is 0.419 e. The largest absolute Gasteiger partial charge is 0.490 e. The molecule has 2 aromatic carbocycles. The zero-order valence-corrected chi connectivity index (χ0v) is 17.7. The maximum absolute atomic E-state index is 13.5. The fraction of sp³-hybridized carbons (Fsp3) is 0.375. The molecule has 6 heteroatoms. The Morgan fingerprint density at radius 2 is 1.87 bits per heavy atom. The van der Waals surface area contributed by atoms with Gasteiger partial charge in [-0.2, -0.15) is 13.2 Å². The van der Waals surface area contributed by atoms with Crippen molar-refractivity contribution in [3.63, 3.8) is 0 Å². The van der Waals surface area contributed by atoms with Gasteiger partial charge in [-0.1, -0.05) is 32.0 Å². The van der Waals surface area contributed by atoms with Crippen molar-refractivity contribution >= 4 is 11.4 Å². The van der Waals surface area contributed by atoms with Gasteiger partial charge in [-0.15, -0.1) is 0 Å². The Bertz CT molecular complexity index is 975. The zero-order valence-electron chi connectivity index (χ0n) is 17.7. The van der Waals surface area contributed by atoms with Crippen LogP contribution < -0.4 is 10.1 Å². The van der Waals surface area contributed by atoms with E-state index in [1.807, 2.05) is 12.3 Å². The molecule has 30 heavy (non-hydrogen) atoms. The van der Waals surface area contributed by atoms with Gasteiger partial charge in [0.2, 0.25) is 0 Å². The summed E-state index contributed by atoms with van der Waals surface area (Å²) in [5.41, 5.74) is 4.36. The Kier molecular flexibility index (Phi) is 6.54. The Balaban J connectivity index is 1.88. The molecule has 2 aromatic rings. The Labute approximate surface area is 175 Å². The highest BCUT2D eigenvalue weighted by Crippen LogP contribution is 2.37. The molecule has 0 bridgehead atoms. The summed E-state index contributed by atoms with van der Waals surface area (Å²) in [6.07, 6.45) is -1.13. The van der Waals surface area contributed by atoms with Gasteiger partial charge in [0.15, 0.2) is 0 Å². The molecule has 3 nitrogen and oxygen atoms in total. The fourth-order valence-corrected chi connectivity index (χ4v) is 3.69. The Morgan fingerprint density at radius 1 is 1.10 bits per heavy atom. The molecule has 0 unspecified atom stereocenters. The van der Waals surface area contributed by atoms with E-state index < -0.39 is 11.7 Å². The number of nitrogens with zero attached hydrogens (tertiary/aromatic N) is 1. The van der Waals surface area contributed by atoms with Crippen molar-refractivity contribution in [3.05, 3.63) is 70.4 Å². The van der Waals surface area contributed by atoms with Gasteiger partial charge in [0.25, 0.3) is 0 Å². The van der Waals surface area contributed by atoms with E-state index in [2.05, 4.69) is 36.3 Å². The van der Waals surface area contributed by atoms with Crippen molar-refractivity contribution in [3.8, 4) is 5.75 Å². The lowest BCUT2D eigenvalue weighted by molar-refractivity contribution is -0.139. The lowest BCUT2D eigenvalue weighted by Crippen LogP contribution is -2.25. The van der Waals surface area contributed by atoms with Crippen LogP contribution in [0.25, 0.3) is 5.57 Å². The van der Waals surface area contributed by atoms with Crippen molar-refractivity contribution < 1.29 is 17.9 Å². The van der Waals surface area contributed by atoms with Crippen LogP contribution >= 0.6 is 0 Å². The van der Waals surface area contributed by atoms with Crippen LogP contribution in [0.4, 0.5) is 13.2 Å². The Morgan fingerprint density at radius 3 is 2.43 bits per heavy atom. The molecule has 1 aliphatic heterocycles. The lowest BCUT2D eigenvalue weighted by atomic mass is 9.92. The number of rotatable bonds is 6. The summed E-state index contributed by atoms with van der Waals surface area (Å²) in [6.45, 7) is 8.07. The molecule has 0 atom stereocenters. The predicted octanol–water partition coefficient (Wildman–Crippen LogP) is 6.01. The van der Waals surface area contributed by atoms with Crippen molar-refractivity contribution in [1.29, 1.82) is 0 Å². The number of nitrogens with one attached hydrogen (secondary N) is 1. The average Bonchev–Trinajstić information content (AvgIpc) is 2.72. The first-order valence-electron chi connectivity index (χ1n) is 10.2. The minimum absolute atomic E-state index is 0.169. The number of ether oxygens (including phenoxy) is 1. The predicted molar refractivity (Wildman–Crippen MR) is 115 cm³/mol. The molecule has 0 radical (unpaired) electrons. The summed E-state index contributed by atoms with van der Waals surface area (Å²) in [5.74, 6) is 0.253. The summed E-state index contributed by atoms with van der Waals surface area (Å²) >= 11 is 0. The molecule has 160 valence electrons. The number of hydrogen-bond acceptors (Lipinski definition) is 3. The third-order valence-electron chi connectivity index (χ3n) is 5.07. The Hall–Kier alpha value is -2.76. The summed E-state index contributed by atoms with van der Waals surface area (Å²) in [4.78, 5) is 4.53. The first kappa shape index (κ1) is 21.9. The molecule has 1 N–H and O–H groups in total. The molecule has 0 saturated heterocycles. The highest BCUT2D eigenvalue weighted by Gasteiger charge is 2.35. The van der Waals surface area contributed by atoms with Crippen LogP contribution in [-0.2, 0) is 19.0 Å². The fourth-order valence-electron chi connectivity index (χ4n) is 3.69. The lowest BCUT2D eigenvalue weighted by Gasteiger charge is -2.21. The van der Waals surface area contributed by atoms with Gasteiger partial charge in [-0.25, -0.2) is 0 Å². The molecule has 0 spiro atoms. The van der Waals surface area contributed by atoms with Crippen molar-refractivity contribution in [2.45, 2.75) is 52.8 Å². The molecule has 1 heterocycles. The van der Waals surface area contributed by atoms with Crippen LogP contribution in [0.3, 0.4) is 0 Å². The van der Waals surface area contributed by atoms with E-state index in [4.69, 9.17) is 4.74 Å². The van der Waals surface area contributed by atoms with Gasteiger partial charge >= 0.3 is 6.18 Å². The average molecular weight is 416 g/mol. The van der Waals surface area contributed by atoms with Gasteiger partial charge in [0, 0.05) is 11.8 Å². The highest BCUT2D eigenvalue weighted by molar-refractivity contribution is 6.02. The summed E-state index contributed by atoms with van der Waals surface area (Å²) < 4.78 is 45.9. The topological polar surface area (TPSA) is 33.6 Å². The number of hydrogen-bond donors (Lipinski definition) is 1. The van der Waals surface area contributed by atoms with Crippen molar-refractivity contribution in [2.24, 2.45) is 4.99 Å².